The number of benzene rings is 2. The van der Waals surface area contributed by atoms with Gasteiger partial charge in [-0.25, -0.2) is 0 Å². The van der Waals surface area contributed by atoms with E-state index in [1.54, 1.807) is 4.57 Å². The molecule has 2 amide bonds. The lowest BCUT2D eigenvalue weighted by atomic mass is 10.1. The fourth-order valence-electron chi connectivity index (χ4n) is 2.83. The van der Waals surface area contributed by atoms with Crippen molar-refractivity contribution in [1.29, 1.82) is 0 Å². The third-order valence-electron chi connectivity index (χ3n) is 4.58. The molecule has 8 heteroatoms. The van der Waals surface area contributed by atoms with Gasteiger partial charge in [-0.2, -0.15) is 0 Å². The Bertz CT molecular complexity index is 1030. The standard InChI is InChI=1S/C22H25N5O2S/c1-15-9-10-16(2)18(11-15)24-21(29)14-30-22-26-25-19(27(22)3)13-23-20(28)12-17-7-5-4-6-8-17/h4-11H,12-14H2,1-3H3,(H,23,28)(H,24,29). The zero-order valence-corrected chi connectivity index (χ0v) is 18.1. The van der Waals surface area contributed by atoms with Crippen molar-refractivity contribution in [1.82, 2.24) is 20.1 Å². The highest BCUT2D eigenvalue weighted by Gasteiger charge is 2.13. The van der Waals surface area contributed by atoms with Gasteiger partial charge in [0.05, 0.1) is 18.7 Å². The van der Waals surface area contributed by atoms with Crippen LogP contribution in [-0.4, -0.2) is 32.3 Å². The van der Waals surface area contributed by atoms with Gasteiger partial charge in [-0.05, 0) is 36.6 Å². The molecule has 156 valence electrons. The van der Waals surface area contributed by atoms with E-state index in [1.165, 1.54) is 11.8 Å². The molecule has 0 aliphatic carbocycles. The molecule has 2 aromatic carbocycles. The number of aryl methyl sites for hydroxylation is 2. The molecule has 3 rings (SSSR count). The molecular formula is C22H25N5O2S. The summed E-state index contributed by atoms with van der Waals surface area (Å²) in [5.41, 5.74) is 3.89. The Labute approximate surface area is 180 Å². The zero-order chi connectivity index (χ0) is 21.5. The van der Waals surface area contributed by atoms with Crippen LogP contribution in [0.4, 0.5) is 5.69 Å². The van der Waals surface area contributed by atoms with Crippen LogP contribution in [0.1, 0.15) is 22.5 Å². The van der Waals surface area contributed by atoms with Crippen molar-refractivity contribution >= 4 is 29.3 Å². The maximum Gasteiger partial charge on any atom is 0.234 e. The minimum Gasteiger partial charge on any atom is -0.349 e. The fourth-order valence-corrected chi connectivity index (χ4v) is 3.56. The van der Waals surface area contributed by atoms with E-state index in [0.29, 0.717) is 17.4 Å². The third-order valence-corrected chi connectivity index (χ3v) is 5.60. The van der Waals surface area contributed by atoms with Crippen molar-refractivity contribution < 1.29 is 9.59 Å². The summed E-state index contributed by atoms with van der Waals surface area (Å²) in [5.74, 6) is 0.675. The molecule has 0 fully saturated rings. The number of rotatable bonds is 8. The van der Waals surface area contributed by atoms with Gasteiger partial charge in [0.25, 0.3) is 0 Å². The second kappa shape index (κ2) is 10.1. The van der Waals surface area contributed by atoms with Gasteiger partial charge < -0.3 is 15.2 Å². The number of aromatic nitrogens is 3. The molecule has 0 unspecified atom stereocenters. The Morgan fingerprint density at radius 2 is 1.80 bits per heavy atom. The van der Waals surface area contributed by atoms with E-state index in [0.717, 1.165) is 22.4 Å². The van der Waals surface area contributed by atoms with E-state index < -0.39 is 0 Å². The molecule has 7 nitrogen and oxygen atoms in total. The lowest BCUT2D eigenvalue weighted by Crippen LogP contribution is -2.26. The number of carbonyl (C=O) groups excluding carboxylic acids is 2. The van der Waals surface area contributed by atoms with Crippen molar-refractivity contribution in [3.63, 3.8) is 0 Å². The lowest BCUT2D eigenvalue weighted by Gasteiger charge is -2.09. The maximum absolute atomic E-state index is 12.3. The summed E-state index contributed by atoms with van der Waals surface area (Å²) >= 11 is 1.31. The SMILES string of the molecule is Cc1ccc(C)c(NC(=O)CSc2nnc(CNC(=O)Cc3ccccc3)n2C)c1. The van der Waals surface area contributed by atoms with Gasteiger partial charge in [0.15, 0.2) is 11.0 Å². The number of amides is 2. The van der Waals surface area contributed by atoms with Gasteiger partial charge in [0.1, 0.15) is 0 Å². The lowest BCUT2D eigenvalue weighted by molar-refractivity contribution is -0.120. The van der Waals surface area contributed by atoms with Crippen LogP contribution in [0.3, 0.4) is 0 Å². The van der Waals surface area contributed by atoms with E-state index in [1.807, 2.05) is 69.4 Å². The number of anilines is 1. The fraction of sp³-hybridized carbons (Fsp3) is 0.273. The summed E-state index contributed by atoms with van der Waals surface area (Å²) in [7, 11) is 1.82. The van der Waals surface area contributed by atoms with Crippen LogP contribution in [0, 0.1) is 13.8 Å². The van der Waals surface area contributed by atoms with E-state index in [2.05, 4.69) is 20.8 Å². The van der Waals surface area contributed by atoms with Crippen LogP contribution in [0.2, 0.25) is 0 Å². The van der Waals surface area contributed by atoms with Crippen LogP contribution < -0.4 is 10.6 Å². The van der Waals surface area contributed by atoms with Crippen molar-refractivity contribution in [3.8, 4) is 0 Å². The Hall–Kier alpha value is -3.13. The Morgan fingerprint density at radius 3 is 2.57 bits per heavy atom. The number of nitrogens with zero attached hydrogens (tertiary/aromatic N) is 3. The highest BCUT2D eigenvalue weighted by molar-refractivity contribution is 7.99. The highest BCUT2D eigenvalue weighted by atomic mass is 32.2. The van der Waals surface area contributed by atoms with Gasteiger partial charge in [-0.3, -0.25) is 9.59 Å². The Balaban J connectivity index is 1.49. The molecule has 0 aliphatic rings. The number of hydrogen-bond donors (Lipinski definition) is 2. The summed E-state index contributed by atoms with van der Waals surface area (Å²) in [6.07, 6.45) is 0.318. The van der Waals surface area contributed by atoms with Crippen molar-refractivity contribution in [2.24, 2.45) is 7.05 Å². The molecule has 3 aromatic rings. The van der Waals surface area contributed by atoms with Gasteiger partial charge in [0, 0.05) is 12.7 Å². The van der Waals surface area contributed by atoms with Crippen molar-refractivity contribution in [2.75, 3.05) is 11.1 Å². The molecule has 1 heterocycles. The number of thioether (sulfide) groups is 1. The van der Waals surface area contributed by atoms with Gasteiger partial charge >= 0.3 is 0 Å². The van der Waals surface area contributed by atoms with Gasteiger partial charge in [0.2, 0.25) is 11.8 Å². The Kier molecular flexibility index (Phi) is 7.24. The molecule has 0 spiro atoms. The first-order chi connectivity index (χ1) is 14.4. The second-order valence-corrected chi connectivity index (χ2v) is 7.99. The van der Waals surface area contributed by atoms with E-state index in [4.69, 9.17) is 0 Å². The minimum atomic E-state index is -0.102. The second-order valence-electron chi connectivity index (χ2n) is 7.05. The molecule has 1 aromatic heterocycles. The van der Waals surface area contributed by atoms with E-state index in [-0.39, 0.29) is 24.1 Å². The molecule has 0 atom stereocenters. The first-order valence-electron chi connectivity index (χ1n) is 9.61. The van der Waals surface area contributed by atoms with Crippen LogP contribution in [-0.2, 0) is 29.6 Å². The zero-order valence-electron chi connectivity index (χ0n) is 17.3. The van der Waals surface area contributed by atoms with Crippen molar-refractivity contribution in [3.05, 3.63) is 71.0 Å². The van der Waals surface area contributed by atoms with Gasteiger partial charge in [-0.1, -0.05) is 54.2 Å². The molecule has 0 radical (unpaired) electrons. The van der Waals surface area contributed by atoms with Crippen LogP contribution in [0.5, 0.6) is 0 Å². The summed E-state index contributed by atoms with van der Waals surface area (Å²) in [4.78, 5) is 24.4. The summed E-state index contributed by atoms with van der Waals surface area (Å²) in [6.45, 7) is 4.23. The van der Waals surface area contributed by atoms with E-state index >= 15 is 0 Å². The summed E-state index contributed by atoms with van der Waals surface area (Å²) in [5, 5.41) is 14.7. The van der Waals surface area contributed by atoms with E-state index in [9.17, 15) is 9.59 Å². The highest BCUT2D eigenvalue weighted by Crippen LogP contribution is 2.19. The van der Waals surface area contributed by atoms with Gasteiger partial charge in [-0.15, -0.1) is 10.2 Å². The van der Waals surface area contributed by atoms with Crippen LogP contribution in [0.25, 0.3) is 0 Å². The molecule has 0 bridgehead atoms. The summed E-state index contributed by atoms with van der Waals surface area (Å²) in [6, 6.07) is 15.5. The largest absolute Gasteiger partial charge is 0.349 e. The molecular weight excluding hydrogens is 398 g/mol. The quantitative estimate of drug-likeness (QED) is 0.544. The Morgan fingerprint density at radius 1 is 1.03 bits per heavy atom. The monoisotopic (exact) mass is 423 g/mol. The molecule has 0 saturated heterocycles. The molecule has 0 aliphatic heterocycles. The average molecular weight is 424 g/mol. The predicted octanol–water partition coefficient (Wildman–Crippen LogP) is 3.02. The van der Waals surface area contributed by atoms with Crippen LogP contribution in [0.15, 0.2) is 53.7 Å². The number of carbonyl (C=O) groups is 2. The van der Waals surface area contributed by atoms with Crippen molar-refractivity contribution in [2.45, 2.75) is 32.0 Å². The van der Waals surface area contributed by atoms with Crippen LogP contribution >= 0.6 is 11.8 Å². The third kappa shape index (κ3) is 5.93. The smallest absolute Gasteiger partial charge is 0.234 e. The number of nitrogens with one attached hydrogen (secondary N) is 2. The first-order valence-corrected chi connectivity index (χ1v) is 10.6. The molecule has 0 saturated carbocycles. The first kappa shape index (κ1) is 21.6. The summed E-state index contributed by atoms with van der Waals surface area (Å²) < 4.78 is 1.79. The average Bonchev–Trinajstić information content (AvgIpc) is 3.08. The molecule has 2 N–H and O–H groups in total. The minimum absolute atomic E-state index is 0.0775. The predicted molar refractivity (Wildman–Crippen MR) is 118 cm³/mol. The topological polar surface area (TPSA) is 88.9 Å². The molecule has 30 heavy (non-hydrogen) atoms. The normalized spacial score (nSPS) is 10.6. The maximum atomic E-state index is 12.3. The number of hydrogen-bond acceptors (Lipinski definition) is 5.